The first-order chi connectivity index (χ1) is 10.0. The second-order valence-corrected chi connectivity index (χ2v) is 6.97. The molecule has 0 spiro atoms. The van der Waals surface area contributed by atoms with Gasteiger partial charge in [0.1, 0.15) is 0 Å². The molecular formula is C16H23NO4. The first-order valence-corrected chi connectivity index (χ1v) is 8.12. The summed E-state index contributed by atoms with van der Waals surface area (Å²) in [4.78, 5) is 38.0. The molecule has 3 rings (SSSR count). The standard InChI is InChI=1S/C16H23NO4/c18-13-11-5-6-12(9-11)14(19)17(13)10-16(15(20)21)7-3-1-2-4-8-16/h11-12H,1-10H2,(H,20,21). The summed E-state index contributed by atoms with van der Waals surface area (Å²) in [7, 11) is 0. The number of imide groups is 1. The fourth-order valence-electron chi connectivity index (χ4n) is 4.28. The lowest BCUT2D eigenvalue weighted by atomic mass is 9.79. The van der Waals surface area contributed by atoms with Gasteiger partial charge in [0, 0.05) is 18.4 Å². The summed E-state index contributed by atoms with van der Waals surface area (Å²) in [6.07, 6.45) is 7.23. The predicted molar refractivity (Wildman–Crippen MR) is 75.3 cm³/mol. The molecule has 0 aromatic heterocycles. The largest absolute Gasteiger partial charge is 0.481 e. The Morgan fingerprint density at radius 3 is 2.05 bits per heavy atom. The number of carbonyl (C=O) groups excluding carboxylic acids is 2. The average molecular weight is 293 g/mol. The lowest BCUT2D eigenvalue weighted by molar-refractivity contribution is -0.160. The summed E-state index contributed by atoms with van der Waals surface area (Å²) in [5, 5.41) is 9.72. The van der Waals surface area contributed by atoms with Crippen LogP contribution in [-0.4, -0.2) is 34.3 Å². The lowest BCUT2D eigenvalue weighted by Gasteiger charge is -2.37. The van der Waals surface area contributed by atoms with Crippen LogP contribution < -0.4 is 0 Å². The van der Waals surface area contributed by atoms with Crippen LogP contribution in [0, 0.1) is 17.3 Å². The molecule has 2 aliphatic carbocycles. The quantitative estimate of drug-likeness (QED) is 0.639. The van der Waals surface area contributed by atoms with E-state index < -0.39 is 11.4 Å². The van der Waals surface area contributed by atoms with Crippen molar-refractivity contribution < 1.29 is 19.5 Å². The number of hydrogen-bond donors (Lipinski definition) is 1. The van der Waals surface area contributed by atoms with Gasteiger partial charge >= 0.3 is 5.97 Å². The van der Waals surface area contributed by atoms with Crippen LogP contribution >= 0.6 is 0 Å². The molecule has 3 aliphatic rings. The second-order valence-electron chi connectivity index (χ2n) is 6.97. The van der Waals surface area contributed by atoms with Crippen molar-refractivity contribution >= 4 is 17.8 Å². The molecule has 1 heterocycles. The Balaban J connectivity index is 1.83. The first-order valence-electron chi connectivity index (χ1n) is 8.12. The number of nitrogens with zero attached hydrogens (tertiary/aromatic N) is 1. The Morgan fingerprint density at radius 2 is 1.57 bits per heavy atom. The van der Waals surface area contributed by atoms with E-state index in [0.29, 0.717) is 19.3 Å². The van der Waals surface area contributed by atoms with E-state index >= 15 is 0 Å². The van der Waals surface area contributed by atoms with Gasteiger partial charge in [0.2, 0.25) is 11.8 Å². The zero-order valence-corrected chi connectivity index (χ0v) is 12.3. The van der Waals surface area contributed by atoms with Crippen LogP contribution in [0.2, 0.25) is 0 Å². The molecular weight excluding hydrogens is 270 g/mol. The topological polar surface area (TPSA) is 74.7 Å². The summed E-state index contributed by atoms with van der Waals surface area (Å²) < 4.78 is 0. The zero-order chi connectivity index (χ0) is 15.0. The van der Waals surface area contributed by atoms with E-state index in [1.807, 2.05) is 0 Å². The normalized spacial score (nSPS) is 32.1. The molecule has 1 saturated heterocycles. The van der Waals surface area contributed by atoms with Crippen molar-refractivity contribution in [1.82, 2.24) is 4.90 Å². The molecule has 1 aliphatic heterocycles. The van der Waals surface area contributed by atoms with Crippen molar-refractivity contribution in [2.24, 2.45) is 17.3 Å². The molecule has 2 unspecified atom stereocenters. The van der Waals surface area contributed by atoms with E-state index in [-0.39, 0.29) is 30.2 Å². The summed E-state index contributed by atoms with van der Waals surface area (Å²) >= 11 is 0. The Bertz CT molecular complexity index is 443. The van der Waals surface area contributed by atoms with Crippen LogP contribution in [-0.2, 0) is 14.4 Å². The minimum absolute atomic E-state index is 0.0516. The van der Waals surface area contributed by atoms with Crippen molar-refractivity contribution in [3.63, 3.8) is 0 Å². The fourth-order valence-corrected chi connectivity index (χ4v) is 4.28. The Kier molecular flexibility index (Phi) is 3.76. The van der Waals surface area contributed by atoms with Crippen LogP contribution in [0.1, 0.15) is 57.8 Å². The highest BCUT2D eigenvalue weighted by molar-refractivity contribution is 6.01. The number of hydrogen-bond acceptors (Lipinski definition) is 3. The second kappa shape index (κ2) is 5.43. The summed E-state index contributed by atoms with van der Waals surface area (Å²) in [6, 6.07) is 0. The first kappa shape index (κ1) is 14.5. The van der Waals surface area contributed by atoms with Gasteiger partial charge in [0.05, 0.1) is 5.41 Å². The monoisotopic (exact) mass is 293 g/mol. The van der Waals surface area contributed by atoms with E-state index in [0.717, 1.165) is 38.5 Å². The van der Waals surface area contributed by atoms with Gasteiger partial charge in [-0.2, -0.15) is 0 Å². The van der Waals surface area contributed by atoms with Crippen molar-refractivity contribution in [3.8, 4) is 0 Å². The van der Waals surface area contributed by atoms with E-state index in [2.05, 4.69) is 0 Å². The van der Waals surface area contributed by atoms with E-state index in [4.69, 9.17) is 0 Å². The van der Waals surface area contributed by atoms with Crippen LogP contribution in [0.4, 0.5) is 0 Å². The minimum Gasteiger partial charge on any atom is -0.481 e. The molecule has 2 bridgehead atoms. The number of carboxylic acids is 1. The van der Waals surface area contributed by atoms with Crippen molar-refractivity contribution in [1.29, 1.82) is 0 Å². The van der Waals surface area contributed by atoms with Crippen molar-refractivity contribution in [2.45, 2.75) is 57.8 Å². The summed E-state index contributed by atoms with van der Waals surface area (Å²) in [5.74, 6) is -1.20. The number of fused-ring (bicyclic) bond motifs is 2. The number of amides is 2. The van der Waals surface area contributed by atoms with Gasteiger partial charge < -0.3 is 5.11 Å². The van der Waals surface area contributed by atoms with E-state index in [1.54, 1.807) is 0 Å². The Morgan fingerprint density at radius 1 is 1.05 bits per heavy atom. The minimum atomic E-state index is -0.918. The molecule has 116 valence electrons. The SMILES string of the molecule is O=C1C2CCC(C2)C(=O)N1CC1(C(=O)O)CCCCCC1. The van der Waals surface area contributed by atoms with Crippen LogP contribution in [0.3, 0.4) is 0 Å². The Hall–Kier alpha value is -1.39. The summed E-state index contributed by atoms with van der Waals surface area (Å²) in [5.41, 5.74) is -0.918. The third-order valence-electron chi connectivity index (χ3n) is 5.64. The lowest BCUT2D eigenvalue weighted by Crippen LogP contribution is -2.52. The molecule has 2 atom stereocenters. The van der Waals surface area contributed by atoms with Gasteiger partial charge in [0.25, 0.3) is 0 Å². The van der Waals surface area contributed by atoms with E-state index in [1.165, 1.54) is 4.90 Å². The molecule has 1 N–H and O–H groups in total. The van der Waals surface area contributed by atoms with Gasteiger partial charge in [-0.15, -0.1) is 0 Å². The third kappa shape index (κ3) is 2.47. The maximum Gasteiger partial charge on any atom is 0.311 e. The van der Waals surface area contributed by atoms with Crippen LogP contribution in [0.15, 0.2) is 0 Å². The number of rotatable bonds is 3. The maximum atomic E-state index is 12.4. The molecule has 21 heavy (non-hydrogen) atoms. The number of carboxylic acid groups (broad SMARTS) is 1. The molecule has 3 fully saturated rings. The summed E-state index contributed by atoms with van der Waals surface area (Å²) in [6.45, 7) is 0.0903. The highest BCUT2D eigenvalue weighted by atomic mass is 16.4. The molecule has 5 heteroatoms. The zero-order valence-electron chi connectivity index (χ0n) is 12.3. The molecule has 0 aromatic carbocycles. The Labute approximate surface area is 124 Å². The highest BCUT2D eigenvalue weighted by Gasteiger charge is 2.49. The number of carbonyl (C=O) groups is 3. The van der Waals surface area contributed by atoms with Crippen LogP contribution in [0.25, 0.3) is 0 Å². The van der Waals surface area contributed by atoms with Crippen molar-refractivity contribution in [2.75, 3.05) is 6.54 Å². The molecule has 0 aromatic rings. The average Bonchev–Trinajstić information content (AvgIpc) is 2.78. The molecule has 0 radical (unpaired) electrons. The predicted octanol–water partition coefficient (Wildman–Crippen LogP) is 2.20. The number of aliphatic carboxylic acids is 1. The van der Waals surface area contributed by atoms with Gasteiger partial charge in [-0.25, -0.2) is 0 Å². The molecule has 2 amide bonds. The molecule has 5 nitrogen and oxygen atoms in total. The number of piperidine rings is 1. The maximum absolute atomic E-state index is 12.4. The van der Waals surface area contributed by atoms with Crippen molar-refractivity contribution in [3.05, 3.63) is 0 Å². The van der Waals surface area contributed by atoms with Crippen LogP contribution in [0.5, 0.6) is 0 Å². The van der Waals surface area contributed by atoms with Gasteiger partial charge in [-0.1, -0.05) is 25.7 Å². The highest BCUT2D eigenvalue weighted by Crippen LogP contribution is 2.42. The number of likely N-dealkylation sites (tertiary alicyclic amines) is 1. The van der Waals surface area contributed by atoms with E-state index in [9.17, 15) is 19.5 Å². The molecule has 2 saturated carbocycles. The fraction of sp³-hybridized carbons (Fsp3) is 0.812. The van der Waals surface area contributed by atoms with Gasteiger partial charge in [0.15, 0.2) is 0 Å². The van der Waals surface area contributed by atoms with Gasteiger partial charge in [-0.3, -0.25) is 19.3 Å². The van der Waals surface area contributed by atoms with Gasteiger partial charge in [-0.05, 0) is 32.1 Å². The smallest absolute Gasteiger partial charge is 0.311 e. The third-order valence-corrected chi connectivity index (χ3v) is 5.64.